The van der Waals surface area contributed by atoms with E-state index in [2.05, 4.69) is 26.8 Å². The van der Waals surface area contributed by atoms with E-state index in [1.807, 2.05) is 0 Å². The third-order valence-corrected chi connectivity index (χ3v) is 4.58. The van der Waals surface area contributed by atoms with E-state index in [4.69, 9.17) is 28.9 Å². The maximum Gasteiger partial charge on any atom is 0.254 e. The Morgan fingerprint density at radius 1 is 1.29 bits per heavy atom. The molecular formula is C16H20Cl2N2O. The van der Waals surface area contributed by atoms with Crippen LogP contribution >= 0.6 is 23.2 Å². The average Bonchev–Trinajstić information content (AvgIpc) is 2.42. The number of anilines is 1. The number of benzene rings is 1. The van der Waals surface area contributed by atoms with Gasteiger partial charge in [-0.1, -0.05) is 55.6 Å². The molecule has 0 saturated carbocycles. The molecule has 0 atom stereocenters. The quantitative estimate of drug-likeness (QED) is 0.614. The van der Waals surface area contributed by atoms with Crippen LogP contribution in [0, 0.1) is 5.41 Å². The number of nitrogen functional groups attached to an aromatic ring is 1. The zero-order chi connectivity index (χ0) is 15.8. The Morgan fingerprint density at radius 3 is 2.43 bits per heavy atom. The van der Waals surface area contributed by atoms with Crippen molar-refractivity contribution in [3.63, 3.8) is 0 Å². The first-order chi connectivity index (χ1) is 9.70. The molecule has 1 heterocycles. The molecule has 3 nitrogen and oxygen atoms in total. The second-order valence-electron chi connectivity index (χ2n) is 6.34. The van der Waals surface area contributed by atoms with Crippen molar-refractivity contribution in [3.8, 4) is 0 Å². The minimum Gasteiger partial charge on any atom is -0.397 e. The van der Waals surface area contributed by atoms with Crippen molar-refractivity contribution in [1.82, 2.24) is 4.90 Å². The molecule has 0 saturated heterocycles. The first-order valence-electron chi connectivity index (χ1n) is 6.93. The molecule has 0 aliphatic carbocycles. The van der Waals surface area contributed by atoms with Gasteiger partial charge in [-0.15, -0.1) is 0 Å². The molecule has 0 spiro atoms. The normalized spacial score (nSPS) is 15.9. The lowest BCUT2D eigenvalue weighted by atomic mass is 9.83. The lowest BCUT2D eigenvalue weighted by Crippen LogP contribution is -2.36. The van der Waals surface area contributed by atoms with Gasteiger partial charge >= 0.3 is 0 Å². The Kier molecular flexibility index (Phi) is 4.54. The van der Waals surface area contributed by atoms with Crippen LogP contribution in [0.3, 0.4) is 0 Å². The van der Waals surface area contributed by atoms with Gasteiger partial charge in [-0.3, -0.25) is 4.79 Å². The maximum absolute atomic E-state index is 12.5. The highest BCUT2D eigenvalue weighted by Gasteiger charge is 2.24. The molecule has 2 N–H and O–H groups in total. The molecule has 5 heteroatoms. The molecule has 0 bridgehead atoms. The second kappa shape index (κ2) is 5.90. The summed E-state index contributed by atoms with van der Waals surface area (Å²) in [4.78, 5) is 14.3. The number of hydrogen-bond acceptors (Lipinski definition) is 2. The number of halogens is 2. The van der Waals surface area contributed by atoms with Crippen LogP contribution in [0.15, 0.2) is 23.8 Å². The van der Waals surface area contributed by atoms with Gasteiger partial charge in [0.15, 0.2) is 0 Å². The summed E-state index contributed by atoms with van der Waals surface area (Å²) < 4.78 is 0. The average molecular weight is 327 g/mol. The van der Waals surface area contributed by atoms with E-state index in [1.165, 1.54) is 5.57 Å². The van der Waals surface area contributed by atoms with Crippen LogP contribution in [0.1, 0.15) is 37.6 Å². The summed E-state index contributed by atoms with van der Waals surface area (Å²) in [5, 5.41) is 0.602. The van der Waals surface area contributed by atoms with Gasteiger partial charge in [-0.25, -0.2) is 0 Å². The van der Waals surface area contributed by atoms with Gasteiger partial charge in [-0.05, 0) is 24.0 Å². The summed E-state index contributed by atoms with van der Waals surface area (Å²) in [6, 6.07) is 3.16. The lowest BCUT2D eigenvalue weighted by molar-refractivity contribution is 0.0765. The Bertz CT molecular complexity index is 580. The fourth-order valence-electron chi connectivity index (χ4n) is 2.45. The van der Waals surface area contributed by atoms with Crippen molar-refractivity contribution in [2.24, 2.45) is 5.41 Å². The Labute approximate surface area is 135 Å². The Hall–Kier alpha value is -1.19. The summed E-state index contributed by atoms with van der Waals surface area (Å²) in [5.74, 6) is -0.0653. The monoisotopic (exact) mass is 326 g/mol. The van der Waals surface area contributed by atoms with Crippen LogP contribution in [-0.2, 0) is 0 Å². The number of nitrogens with two attached hydrogens (primary N) is 1. The lowest BCUT2D eigenvalue weighted by Gasteiger charge is -2.32. The molecule has 1 aromatic rings. The van der Waals surface area contributed by atoms with Crippen LogP contribution < -0.4 is 5.73 Å². The van der Waals surface area contributed by atoms with E-state index in [-0.39, 0.29) is 11.3 Å². The fourth-order valence-corrected chi connectivity index (χ4v) is 2.79. The molecule has 0 aromatic heterocycles. The first-order valence-corrected chi connectivity index (χ1v) is 7.69. The molecule has 114 valence electrons. The molecule has 0 unspecified atom stereocenters. The molecule has 1 aliphatic rings. The van der Waals surface area contributed by atoms with Crippen LogP contribution in [0.5, 0.6) is 0 Å². The highest BCUT2D eigenvalue weighted by atomic mass is 35.5. The van der Waals surface area contributed by atoms with E-state index in [1.54, 1.807) is 17.0 Å². The van der Waals surface area contributed by atoms with Gasteiger partial charge < -0.3 is 10.6 Å². The molecule has 1 amide bonds. The van der Waals surface area contributed by atoms with Crippen LogP contribution in [-0.4, -0.2) is 23.9 Å². The SMILES string of the molecule is CC(C)(C)C1=CCN(C(=O)c2cc(N)c(Cl)c(Cl)c2)CC1. The van der Waals surface area contributed by atoms with Gasteiger partial charge in [0, 0.05) is 18.7 Å². The first kappa shape index (κ1) is 16.2. The third kappa shape index (κ3) is 3.53. The molecular weight excluding hydrogens is 307 g/mol. The minimum absolute atomic E-state index is 0.0653. The van der Waals surface area contributed by atoms with Crippen molar-refractivity contribution in [3.05, 3.63) is 39.4 Å². The number of hydrogen-bond donors (Lipinski definition) is 1. The predicted molar refractivity (Wildman–Crippen MR) is 88.9 cm³/mol. The van der Waals surface area contributed by atoms with Crippen molar-refractivity contribution < 1.29 is 4.79 Å². The van der Waals surface area contributed by atoms with Gasteiger partial charge in [0.25, 0.3) is 5.91 Å². The highest BCUT2D eigenvalue weighted by Crippen LogP contribution is 2.32. The van der Waals surface area contributed by atoms with Crippen LogP contribution in [0.2, 0.25) is 10.0 Å². The van der Waals surface area contributed by atoms with Crippen LogP contribution in [0.4, 0.5) is 5.69 Å². The van der Waals surface area contributed by atoms with Crippen molar-refractivity contribution in [2.75, 3.05) is 18.8 Å². The molecule has 0 fully saturated rings. The fraction of sp³-hybridized carbons (Fsp3) is 0.438. The molecule has 2 rings (SSSR count). The zero-order valence-electron chi connectivity index (χ0n) is 12.5. The van der Waals surface area contributed by atoms with E-state index >= 15 is 0 Å². The van der Waals surface area contributed by atoms with E-state index in [9.17, 15) is 4.79 Å². The van der Waals surface area contributed by atoms with Crippen molar-refractivity contribution >= 4 is 34.8 Å². The largest absolute Gasteiger partial charge is 0.397 e. The summed E-state index contributed by atoms with van der Waals surface area (Å²) in [7, 11) is 0. The summed E-state index contributed by atoms with van der Waals surface area (Å²) >= 11 is 11.9. The predicted octanol–water partition coefficient (Wildman–Crippen LogP) is 4.39. The van der Waals surface area contributed by atoms with E-state index < -0.39 is 0 Å². The van der Waals surface area contributed by atoms with Gasteiger partial charge in [-0.2, -0.15) is 0 Å². The number of carbonyl (C=O) groups is 1. The second-order valence-corrected chi connectivity index (χ2v) is 7.13. The van der Waals surface area contributed by atoms with Crippen molar-refractivity contribution in [2.45, 2.75) is 27.2 Å². The minimum atomic E-state index is -0.0653. The number of carbonyl (C=O) groups excluding carboxylic acids is 1. The van der Waals surface area contributed by atoms with E-state index in [0.29, 0.717) is 34.4 Å². The standard InChI is InChI=1S/C16H20Cl2N2O/c1-16(2,3)11-4-6-20(7-5-11)15(21)10-8-12(17)14(18)13(19)9-10/h4,8-9H,5-7,19H2,1-3H3. The highest BCUT2D eigenvalue weighted by molar-refractivity contribution is 6.43. The number of rotatable bonds is 1. The van der Waals surface area contributed by atoms with Crippen LogP contribution in [0.25, 0.3) is 0 Å². The number of nitrogens with zero attached hydrogens (tertiary/aromatic N) is 1. The third-order valence-electron chi connectivity index (χ3n) is 3.76. The molecule has 1 aliphatic heterocycles. The van der Waals surface area contributed by atoms with E-state index in [0.717, 1.165) is 6.42 Å². The summed E-state index contributed by atoms with van der Waals surface area (Å²) in [6.45, 7) is 7.90. The Morgan fingerprint density at radius 2 is 1.95 bits per heavy atom. The molecule has 0 radical (unpaired) electrons. The smallest absolute Gasteiger partial charge is 0.254 e. The van der Waals surface area contributed by atoms with Gasteiger partial charge in [0.2, 0.25) is 0 Å². The van der Waals surface area contributed by atoms with Crippen molar-refractivity contribution in [1.29, 1.82) is 0 Å². The zero-order valence-corrected chi connectivity index (χ0v) is 14.1. The topological polar surface area (TPSA) is 46.3 Å². The maximum atomic E-state index is 12.5. The number of amides is 1. The van der Waals surface area contributed by atoms with Gasteiger partial charge in [0.05, 0.1) is 15.7 Å². The summed E-state index contributed by atoms with van der Waals surface area (Å²) in [6.07, 6.45) is 3.04. The summed E-state index contributed by atoms with van der Waals surface area (Å²) in [5.41, 5.74) is 8.12. The van der Waals surface area contributed by atoms with Gasteiger partial charge in [0.1, 0.15) is 0 Å². The molecule has 21 heavy (non-hydrogen) atoms. The molecule has 1 aromatic carbocycles. The Balaban J connectivity index is 2.18.